The molecule has 1 N–H and O–H groups in total. The van der Waals surface area contributed by atoms with Crippen molar-refractivity contribution < 1.29 is 13.6 Å². The van der Waals surface area contributed by atoms with E-state index in [0.29, 0.717) is 17.0 Å². The lowest BCUT2D eigenvalue weighted by molar-refractivity contribution is 0.0128. The first-order valence-electron chi connectivity index (χ1n) is 10.3. The number of hydrogen-bond acceptors (Lipinski definition) is 5. The topological polar surface area (TPSA) is 80.7 Å². The number of nitrogens with one attached hydrogen (secondary N) is 1. The van der Waals surface area contributed by atoms with Crippen LogP contribution in [0, 0.1) is 6.92 Å². The number of rotatable bonds is 6. The number of halogens is 2. The van der Waals surface area contributed by atoms with Crippen LogP contribution < -0.4 is 5.32 Å². The van der Waals surface area contributed by atoms with Gasteiger partial charge in [0, 0.05) is 60.6 Å². The number of hydrogen-bond donors (Lipinski definition) is 1. The summed E-state index contributed by atoms with van der Waals surface area (Å²) in [6, 6.07) is 13.8. The van der Waals surface area contributed by atoms with Crippen molar-refractivity contribution in [2.24, 2.45) is 0 Å². The Labute approximate surface area is 189 Å². The highest BCUT2D eigenvalue weighted by molar-refractivity contribution is 5.92. The van der Waals surface area contributed by atoms with Gasteiger partial charge in [0.1, 0.15) is 11.4 Å². The Kier molecular flexibility index (Phi) is 6.17. The second kappa shape index (κ2) is 9.20. The summed E-state index contributed by atoms with van der Waals surface area (Å²) in [6.07, 6.45) is 6.32. The molecule has 4 rings (SSSR count). The van der Waals surface area contributed by atoms with E-state index < -0.39 is 5.92 Å². The second-order valence-corrected chi connectivity index (χ2v) is 7.62. The van der Waals surface area contributed by atoms with Gasteiger partial charge in [-0.3, -0.25) is 24.7 Å². The smallest absolute Gasteiger partial charge is 0.286 e. The van der Waals surface area contributed by atoms with Crippen LogP contribution in [0.4, 0.5) is 8.78 Å². The molecule has 8 heteroatoms. The summed E-state index contributed by atoms with van der Waals surface area (Å²) in [5, 5.41) is 2.81. The minimum absolute atomic E-state index is 0.256. The molecule has 4 aromatic heterocycles. The molecule has 0 aromatic carbocycles. The first-order valence-corrected chi connectivity index (χ1v) is 10.3. The molecular weight excluding hydrogens is 424 g/mol. The molecule has 0 aliphatic heterocycles. The van der Waals surface area contributed by atoms with E-state index in [2.05, 4.69) is 25.3 Å². The molecule has 0 aliphatic carbocycles. The van der Waals surface area contributed by atoms with Gasteiger partial charge in [-0.15, -0.1) is 0 Å². The Morgan fingerprint density at radius 3 is 2.45 bits per heavy atom. The van der Waals surface area contributed by atoms with Crippen molar-refractivity contribution in [3.05, 3.63) is 96.0 Å². The Morgan fingerprint density at radius 2 is 1.79 bits per heavy atom. The van der Waals surface area contributed by atoms with Crippen LogP contribution in [0.5, 0.6) is 0 Å². The van der Waals surface area contributed by atoms with E-state index in [1.807, 2.05) is 25.1 Å². The van der Waals surface area contributed by atoms with Gasteiger partial charge >= 0.3 is 0 Å². The molecular formula is C25H21F2N5O. The average Bonchev–Trinajstić information content (AvgIpc) is 2.83. The highest BCUT2D eigenvalue weighted by Gasteiger charge is 2.26. The Balaban J connectivity index is 1.39. The van der Waals surface area contributed by atoms with Gasteiger partial charge in [0.15, 0.2) is 0 Å². The van der Waals surface area contributed by atoms with Gasteiger partial charge < -0.3 is 5.32 Å². The van der Waals surface area contributed by atoms with Crippen molar-refractivity contribution >= 4 is 5.91 Å². The molecule has 1 amide bonds. The summed E-state index contributed by atoms with van der Waals surface area (Å²) in [5.74, 6) is -3.33. The molecule has 166 valence electrons. The van der Waals surface area contributed by atoms with E-state index in [-0.39, 0.29) is 18.1 Å². The van der Waals surface area contributed by atoms with E-state index in [0.717, 1.165) is 29.3 Å². The van der Waals surface area contributed by atoms with Crippen LogP contribution in [0.2, 0.25) is 0 Å². The number of pyridine rings is 4. The molecule has 6 nitrogen and oxygen atoms in total. The molecule has 33 heavy (non-hydrogen) atoms. The predicted octanol–water partition coefficient (Wildman–Crippen LogP) is 4.95. The van der Waals surface area contributed by atoms with Crippen LogP contribution in [-0.4, -0.2) is 25.8 Å². The van der Waals surface area contributed by atoms with Gasteiger partial charge in [-0.05, 0) is 42.8 Å². The largest absolute Gasteiger partial charge is 0.347 e. The molecule has 4 aromatic rings. The number of alkyl halides is 2. The van der Waals surface area contributed by atoms with Crippen LogP contribution in [0.1, 0.15) is 34.4 Å². The molecule has 0 bridgehead atoms. The minimum atomic E-state index is -3.02. The summed E-state index contributed by atoms with van der Waals surface area (Å²) in [4.78, 5) is 29.1. The lowest BCUT2D eigenvalue weighted by Crippen LogP contribution is -2.23. The average molecular weight is 445 g/mol. The van der Waals surface area contributed by atoms with Crippen LogP contribution in [0.3, 0.4) is 0 Å². The van der Waals surface area contributed by atoms with Gasteiger partial charge in [0.2, 0.25) is 0 Å². The normalized spacial score (nSPS) is 11.3. The monoisotopic (exact) mass is 445 g/mol. The van der Waals surface area contributed by atoms with Crippen molar-refractivity contribution in [2.75, 3.05) is 0 Å². The van der Waals surface area contributed by atoms with Gasteiger partial charge in [-0.25, -0.2) is 0 Å². The number of carbonyl (C=O) groups excluding carboxylic acids is 1. The van der Waals surface area contributed by atoms with E-state index in [1.165, 1.54) is 12.3 Å². The van der Waals surface area contributed by atoms with E-state index in [9.17, 15) is 13.6 Å². The Hall–Kier alpha value is -4.07. The van der Waals surface area contributed by atoms with E-state index in [4.69, 9.17) is 0 Å². The zero-order valence-corrected chi connectivity index (χ0v) is 18.1. The summed E-state index contributed by atoms with van der Waals surface area (Å²) < 4.78 is 27.1. The van der Waals surface area contributed by atoms with Crippen molar-refractivity contribution in [1.82, 2.24) is 25.3 Å². The molecule has 0 fully saturated rings. The van der Waals surface area contributed by atoms with E-state index >= 15 is 0 Å². The standard InChI is InChI=1S/C25H21F2N5O/c1-16-20(4-3-10-28-16)19-6-8-22(31-15-19)24(33)32-14-17-5-7-21(30-13-17)18-9-11-29-23(12-18)25(2,26)27/h3-13,15H,14H2,1-2H3,(H,32,33). The summed E-state index contributed by atoms with van der Waals surface area (Å²) in [5.41, 5.74) is 4.59. The van der Waals surface area contributed by atoms with Crippen LogP contribution >= 0.6 is 0 Å². The zero-order chi connectivity index (χ0) is 23.4. The van der Waals surface area contributed by atoms with Crippen molar-refractivity contribution in [3.8, 4) is 22.4 Å². The van der Waals surface area contributed by atoms with E-state index in [1.54, 1.807) is 42.9 Å². The number of aryl methyl sites for hydroxylation is 1. The third kappa shape index (κ3) is 5.23. The van der Waals surface area contributed by atoms with Gasteiger partial charge in [0.05, 0.1) is 5.69 Å². The number of aromatic nitrogens is 4. The molecule has 0 saturated carbocycles. The molecule has 0 saturated heterocycles. The fourth-order valence-corrected chi connectivity index (χ4v) is 3.28. The maximum absolute atomic E-state index is 13.5. The molecule has 0 unspecified atom stereocenters. The first kappa shape index (κ1) is 22.1. The second-order valence-electron chi connectivity index (χ2n) is 7.62. The molecule has 0 atom stereocenters. The minimum Gasteiger partial charge on any atom is -0.347 e. The highest BCUT2D eigenvalue weighted by atomic mass is 19.3. The Morgan fingerprint density at radius 1 is 0.939 bits per heavy atom. The summed E-state index contributed by atoms with van der Waals surface area (Å²) >= 11 is 0. The zero-order valence-electron chi connectivity index (χ0n) is 18.1. The number of carbonyl (C=O) groups is 1. The molecule has 0 spiro atoms. The van der Waals surface area contributed by atoms with Gasteiger partial charge in [0.25, 0.3) is 11.8 Å². The fraction of sp³-hybridized carbons (Fsp3) is 0.160. The maximum Gasteiger partial charge on any atom is 0.286 e. The fourth-order valence-electron chi connectivity index (χ4n) is 3.28. The third-order valence-corrected chi connectivity index (χ3v) is 5.10. The number of nitrogens with zero attached hydrogens (tertiary/aromatic N) is 4. The molecule has 0 radical (unpaired) electrons. The van der Waals surface area contributed by atoms with Crippen LogP contribution in [0.15, 0.2) is 73.3 Å². The van der Waals surface area contributed by atoms with Gasteiger partial charge in [-0.2, -0.15) is 8.78 Å². The predicted molar refractivity (Wildman–Crippen MR) is 120 cm³/mol. The van der Waals surface area contributed by atoms with Crippen LogP contribution in [-0.2, 0) is 12.5 Å². The van der Waals surface area contributed by atoms with Crippen molar-refractivity contribution in [1.29, 1.82) is 0 Å². The molecule has 0 aliphatic rings. The maximum atomic E-state index is 13.5. The number of amides is 1. The molecule has 4 heterocycles. The summed E-state index contributed by atoms with van der Waals surface area (Å²) in [7, 11) is 0. The third-order valence-electron chi connectivity index (χ3n) is 5.10. The highest BCUT2D eigenvalue weighted by Crippen LogP contribution is 2.28. The lowest BCUT2D eigenvalue weighted by atomic mass is 10.1. The van der Waals surface area contributed by atoms with Gasteiger partial charge in [-0.1, -0.05) is 18.2 Å². The first-order chi connectivity index (χ1) is 15.8. The SMILES string of the molecule is Cc1ncccc1-c1ccc(C(=O)NCc2ccc(-c3ccnc(C(C)(F)F)c3)nc2)nc1. The van der Waals surface area contributed by atoms with Crippen LogP contribution in [0.25, 0.3) is 22.4 Å². The summed E-state index contributed by atoms with van der Waals surface area (Å²) in [6.45, 7) is 2.98. The van der Waals surface area contributed by atoms with Crippen molar-refractivity contribution in [3.63, 3.8) is 0 Å². The lowest BCUT2D eigenvalue weighted by Gasteiger charge is -2.11. The Bertz CT molecular complexity index is 1270. The quantitative estimate of drug-likeness (QED) is 0.454. The van der Waals surface area contributed by atoms with Crippen molar-refractivity contribution in [2.45, 2.75) is 26.3 Å².